The summed E-state index contributed by atoms with van der Waals surface area (Å²) in [7, 11) is 0. The van der Waals surface area contributed by atoms with Crippen LogP contribution in [0.25, 0.3) is 5.70 Å². The maximum atomic E-state index is 13.3. The lowest BCUT2D eigenvalue weighted by Crippen LogP contribution is -2.44. The standard InChI is InChI=1S/C20H24FN5O/c21-16-4-2-15(3-5-16)18-13-26-19(27)17(14-6-9-23-10-7-14)12-24-20(26)25(18)11-1-8-22/h2-6,12-13,19,23,27H,1,7-11,22H2. The van der Waals surface area contributed by atoms with Crippen molar-refractivity contribution < 1.29 is 9.50 Å². The van der Waals surface area contributed by atoms with Gasteiger partial charge in [-0.15, -0.1) is 0 Å². The third kappa shape index (κ3) is 3.41. The minimum atomic E-state index is -0.792. The number of aliphatic hydroxyl groups is 1. The van der Waals surface area contributed by atoms with E-state index < -0.39 is 6.23 Å². The number of nitrogens with one attached hydrogen (secondary N) is 1. The normalized spacial score (nSPS) is 22.1. The fourth-order valence-electron chi connectivity index (χ4n) is 3.62. The molecule has 1 atom stereocenters. The van der Waals surface area contributed by atoms with Crippen molar-refractivity contribution in [3.63, 3.8) is 0 Å². The summed E-state index contributed by atoms with van der Waals surface area (Å²) >= 11 is 0. The fraction of sp³-hybridized carbons (Fsp3) is 0.350. The first-order valence-corrected chi connectivity index (χ1v) is 9.29. The van der Waals surface area contributed by atoms with Crippen LogP contribution in [0.5, 0.6) is 0 Å². The Labute approximate surface area is 158 Å². The molecule has 0 aliphatic carbocycles. The molecule has 142 valence electrons. The predicted octanol–water partition coefficient (Wildman–Crippen LogP) is 1.58. The van der Waals surface area contributed by atoms with Gasteiger partial charge in [-0.1, -0.05) is 6.08 Å². The Morgan fingerprint density at radius 1 is 1.30 bits per heavy atom. The molecule has 3 aliphatic rings. The van der Waals surface area contributed by atoms with Gasteiger partial charge in [-0.25, -0.2) is 9.38 Å². The second-order valence-electron chi connectivity index (χ2n) is 6.79. The summed E-state index contributed by atoms with van der Waals surface area (Å²) in [4.78, 5) is 8.46. The molecule has 0 bridgehead atoms. The van der Waals surface area contributed by atoms with Gasteiger partial charge < -0.3 is 21.1 Å². The van der Waals surface area contributed by atoms with Crippen LogP contribution in [0.15, 0.2) is 58.9 Å². The lowest BCUT2D eigenvalue weighted by Gasteiger charge is -2.33. The number of aliphatic imine (C=N–C) groups is 1. The van der Waals surface area contributed by atoms with E-state index in [1.807, 2.05) is 11.1 Å². The Morgan fingerprint density at radius 3 is 2.81 bits per heavy atom. The van der Waals surface area contributed by atoms with Gasteiger partial charge in [0.15, 0.2) is 6.23 Å². The van der Waals surface area contributed by atoms with Crippen LogP contribution in [-0.4, -0.2) is 53.3 Å². The Hall–Kier alpha value is -2.48. The van der Waals surface area contributed by atoms with Crippen molar-refractivity contribution in [3.8, 4) is 0 Å². The first-order chi connectivity index (χ1) is 13.2. The smallest absolute Gasteiger partial charge is 0.212 e. The third-order valence-electron chi connectivity index (χ3n) is 5.05. The largest absolute Gasteiger partial charge is 0.369 e. The van der Waals surface area contributed by atoms with Crippen LogP contribution < -0.4 is 11.1 Å². The van der Waals surface area contributed by atoms with Crippen molar-refractivity contribution in [2.75, 3.05) is 26.2 Å². The molecule has 0 aromatic heterocycles. The third-order valence-corrected chi connectivity index (χ3v) is 5.05. The van der Waals surface area contributed by atoms with Crippen LogP contribution in [0, 0.1) is 5.82 Å². The maximum Gasteiger partial charge on any atom is 0.212 e. The molecule has 3 heterocycles. The Morgan fingerprint density at radius 2 is 2.11 bits per heavy atom. The Bertz CT molecular complexity index is 827. The summed E-state index contributed by atoms with van der Waals surface area (Å²) in [6.45, 7) is 2.93. The Kier molecular flexibility index (Phi) is 5.07. The second-order valence-corrected chi connectivity index (χ2v) is 6.79. The van der Waals surface area contributed by atoms with Gasteiger partial charge in [-0.05, 0) is 61.3 Å². The number of benzene rings is 1. The lowest BCUT2D eigenvalue weighted by atomic mass is 9.98. The number of halogens is 1. The summed E-state index contributed by atoms with van der Waals surface area (Å²) in [6.07, 6.45) is 6.63. The zero-order valence-corrected chi connectivity index (χ0v) is 15.1. The monoisotopic (exact) mass is 369 g/mol. The molecule has 4 rings (SSSR count). The predicted molar refractivity (Wildman–Crippen MR) is 104 cm³/mol. The van der Waals surface area contributed by atoms with Gasteiger partial charge in [0.1, 0.15) is 5.82 Å². The van der Waals surface area contributed by atoms with Crippen LogP contribution in [0.4, 0.5) is 4.39 Å². The SMILES string of the molecule is NCCCN1C(c2ccc(F)cc2)=CN2C1=NC=C(C1=CCNCC1)C2O. The number of aliphatic hydroxyl groups excluding tert-OH is 1. The van der Waals surface area contributed by atoms with E-state index in [1.54, 1.807) is 23.2 Å². The van der Waals surface area contributed by atoms with E-state index in [4.69, 9.17) is 5.73 Å². The molecule has 0 saturated heterocycles. The van der Waals surface area contributed by atoms with E-state index in [0.29, 0.717) is 19.0 Å². The highest BCUT2D eigenvalue weighted by Crippen LogP contribution is 2.34. The average Bonchev–Trinajstić information content (AvgIpc) is 3.07. The zero-order chi connectivity index (χ0) is 18.8. The number of hydrogen-bond donors (Lipinski definition) is 3. The zero-order valence-electron chi connectivity index (χ0n) is 15.1. The topological polar surface area (TPSA) is 77.1 Å². The number of hydrogen-bond acceptors (Lipinski definition) is 6. The molecule has 1 aromatic rings. The molecular weight excluding hydrogens is 345 g/mol. The number of rotatable bonds is 5. The fourth-order valence-corrected chi connectivity index (χ4v) is 3.62. The molecule has 27 heavy (non-hydrogen) atoms. The molecule has 3 aliphatic heterocycles. The van der Waals surface area contributed by atoms with E-state index in [9.17, 15) is 9.50 Å². The van der Waals surface area contributed by atoms with Gasteiger partial charge in [-0.3, -0.25) is 4.90 Å². The lowest BCUT2D eigenvalue weighted by molar-refractivity contribution is 0.113. The van der Waals surface area contributed by atoms with Crippen LogP contribution in [0.1, 0.15) is 18.4 Å². The molecule has 0 saturated carbocycles. The van der Waals surface area contributed by atoms with Gasteiger partial charge in [0.05, 0.1) is 5.70 Å². The number of nitrogens with two attached hydrogens (primary N) is 1. The van der Waals surface area contributed by atoms with Gasteiger partial charge in [0, 0.05) is 31.1 Å². The molecule has 4 N–H and O–H groups in total. The molecule has 0 fully saturated rings. The van der Waals surface area contributed by atoms with E-state index in [2.05, 4.69) is 16.4 Å². The van der Waals surface area contributed by atoms with Crippen molar-refractivity contribution in [3.05, 3.63) is 65.3 Å². The molecule has 0 radical (unpaired) electrons. The van der Waals surface area contributed by atoms with Gasteiger partial charge in [0.2, 0.25) is 5.96 Å². The number of fused-ring (bicyclic) bond motifs is 1. The number of guanidine groups is 1. The highest BCUT2D eigenvalue weighted by molar-refractivity contribution is 5.96. The van der Waals surface area contributed by atoms with Gasteiger partial charge in [-0.2, -0.15) is 0 Å². The molecule has 7 heteroatoms. The van der Waals surface area contributed by atoms with Crippen LogP contribution >= 0.6 is 0 Å². The summed E-state index contributed by atoms with van der Waals surface area (Å²) in [5.74, 6) is 0.399. The van der Waals surface area contributed by atoms with Gasteiger partial charge in [0.25, 0.3) is 0 Å². The van der Waals surface area contributed by atoms with Gasteiger partial charge >= 0.3 is 0 Å². The van der Waals surface area contributed by atoms with E-state index in [0.717, 1.165) is 48.3 Å². The maximum absolute atomic E-state index is 13.3. The average molecular weight is 369 g/mol. The summed E-state index contributed by atoms with van der Waals surface area (Å²) < 4.78 is 13.3. The minimum Gasteiger partial charge on any atom is -0.369 e. The van der Waals surface area contributed by atoms with Crippen molar-refractivity contribution in [2.45, 2.75) is 19.1 Å². The van der Waals surface area contributed by atoms with Crippen LogP contribution in [0.3, 0.4) is 0 Å². The highest BCUT2D eigenvalue weighted by atomic mass is 19.1. The minimum absolute atomic E-state index is 0.275. The van der Waals surface area contributed by atoms with Crippen molar-refractivity contribution in [1.82, 2.24) is 15.1 Å². The van der Waals surface area contributed by atoms with E-state index in [-0.39, 0.29) is 5.82 Å². The van der Waals surface area contributed by atoms with Crippen molar-refractivity contribution in [1.29, 1.82) is 0 Å². The second kappa shape index (κ2) is 7.64. The van der Waals surface area contributed by atoms with Crippen LogP contribution in [0.2, 0.25) is 0 Å². The molecule has 1 aromatic carbocycles. The van der Waals surface area contributed by atoms with Crippen LogP contribution in [-0.2, 0) is 0 Å². The Balaban J connectivity index is 1.69. The van der Waals surface area contributed by atoms with Crippen molar-refractivity contribution in [2.24, 2.45) is 10.7 Å². The molecular formula is C20H24FN5O. The molecule has 1 unspecified atom stereocenters. The summed E-state index contributed by atoms with van der Waals surface area (Å²) in [5, 5.41) is 14.3. The molecule has 0 amide bonds. The molecule has 6 nitrogen and oxygen atoms in total. The quantitative estimate of drug-likeness (QED) is 0.735. The van der Waals surface area contributed by atoms with Crippen molar-refractivity contribution >= 4 is 11.7 Å². The van der Waals surface area contributed by atoms with E-state index >= 15 is 0 Å². The summed E-state index contributed by atoms with van der Waals surface area (Å²) in [5.41, 5.74) is 9.42. The molecule has 0 spiro atoms. The first-order valence-electron chi connectivity index (χ1n) is 9.29. The van der Waals surface area contributed by atoms with E-state index in [1.165, 1.54) is 12.1 Å². The number of nitrogens with zero attached hydrogens (tertiary/aromatic N) is 3. The summed E-state index contributed by atoms with van der Waals surface area (Å²) in [6, 6.07) is 6.37. The highest BCUT2D eigenvalue weighted by Gasteiger charge is 2.37. The first kappa shape index (κ1) is 17.9.